The van der Waals surface area contributed by atoms with E-state index < -0.39 is 0 Å². The van der Waals surface area contributed by atoms with E-state index >= 15 is 0 Å². The summed E-state index contributed by atoms with van der Waals surface area (Å²) in [7, 11) is 0. The van der Waals surface area contributed by atoms with Gasteiger partial charge in [0.1, 0.15) is 0 Å². The van der Waals surface area contributed by atoms with E-state index in [1.54, 1.807) is 0 Å². The van der Waals surface area contributed by atoms with Gasteiger partial charge < -0.3 is 9.97 Å². The summed E-state index contributed by atoms with van der Waals surface area (Å²) in [5.74, 6) is 0. The van der Waals surface area contributed by atoms with Crippen LogP contribution in [0, 0.1) is 0 Å². The molecule has 10 aromatic rings. The third-order valence-corrected chi connectivity index (χ3v) is 13.0. The van der Waals surface area contributed by atoms with Crippen molar-refractivity contribution in [3.63, 3.8) is 0 Å². The minimum absolute atomic E-state index is 0. The van der Waals surface area contributed by atoms with Crippen LogP contribution in [0.5, 0.6) is 0 Å². The maximum atomic E-state index is 5.87. The van der Waals surface area contributed by atoms with Crippen LogP contribution in [-0.2, 0) is 21.1 Å². The molecule has 306 valence electrons. The van der Waals surface area contributed by atoms with Gasteiger partial charge >= 0.3 is 21.1 Å². The molecule has 65 heavy (non-hydrogen) atoms. The van der Waals surface area contributed by atoms with Gasteiger partial charge in [-0.2, -0.15) is 0 Å². The Hall–Kier alpha value is -7.91. The van der Waals surface area contributed by atoms with Crippen LogP contribution in [-0.4, -0.2) is 19.9 Å². The molecule has 2 aliphatic heterocycles. The molecular weight excluding hydrogens is 972 g/mol. The first kappa shape index (κ1) is 38.7. The number of aromatic amines is 2. The van der Waals surface area contributed by atoms with Crippen molar-refractivity contribution < 1.29 is 21.1 Å². The molecule has 0 fully saturated rings. The van der Waals surface area contributed by atoms with Crippen LogP contribution in [0.4, 0.5) is 0 Å². The number of nitrogens with one attached hydrogen (secondary N) is 2. The molecule has 1 aliphatic carbocycles. The van der Waals surface area contributed by atoms with Crippen LogP contribution in [0.1, 0.15) is 0 Å². The van der Waals surface area contributed by atoms with Gasteiger partial charge in [0.25, 0.3) is 0 Å². The second kappa shape index (κ2) is 15.7. The molecule has 0 spiro atoms. The zero-order chi connectivity index (χ0) is 42.1. The van der Waals surface area contributed by atoms with E-state index in [1.165, 1.54) is 0 Å². The van der Waals surface area contributed by atoms with Gasteiger partial charge in [-0.05, 0) is 22.3 Å². The number of hydrogen-bond donors (Lipinski definition) is 2. The number of H-pyrrole nitrogens is 2. The van der Waals surface area contributed by atoms with Crippen LogP contribution in [0.2, 0.25) is 0 Å². The van der Waals surface area contributed by atoms with Gasteiger partial charge in [-0.15, -0.1) is 0 Å². The van der Waals surface area contributed by atoms with Gasteiger partial charge in [0.05, 0.1) is 44.8 Å². The fourth-order valence-corrected chi connectivity index (χ4v) is 10.2. The molecule has 0 unspecified atom stereocenters. The first-order valence-electron chi connectivity index (χ1n) is 21.8. The Morgan fingerprint density at radius 3 is 0.785 bits per heavy atom. The number of nitrogens with zero attached hydrogens (tertiary/aromatic N) is 2. The van der Waals surface area contributed by atoms with Crippen molar-refractivity contribution in [2.24, 2.45) is 0 Å². The van der Waals surface area contributed by atoms with Crippen molar-refractivity contribution >= 4 is 43.6 Å². The minimum Gasteiger partial charge on any atom is -0.353 e. The molecular formula is C60H38N4Pt+2. The topological polar surface area (TPSA) is 57.4 Å². The smallest absolute Gasteiger partial charge is 0.353 e. The number of benzene rings is 8. The zero-order valence-electron chi connectivity index (χ0n) is 35.0. The Bertz CT molecular complexity index is 3610. The Morgan fingerprint density at radius 1 is 0.231 bits per heavy atom. The second-order valence-corrected chi connectivity index (χ2v) is 16.5. The summed E-state index contributed by atoms with van der Waals surface area (Å²) < 4.78 is 0. The standard InChI is InChI=1S/C60H38N4.Pt/c1-5-21-37(22-6-1)49-53-41-29-13-15-31-43(41)55(61-53)50(38-23-7-2-8-24-38)57-45-33-17-19-35-47(45)59(63-57)52(40-27-11-4-12-28-40)60-48-36-20-18-34-46(48)58(64-60)51(39-25-9-3-10-26-39)56-44-32-16-14-30-42(44)54(49)62-56;/h1-36,61-62H;/q;+2. The van der Waals surface area contributed by atoms with Crippen LogP contribution in [0.3, 0.4) is 0 Å². The van der Waals surface area contributed by atoms with Gasteiger partial charge in [0, 0.05) is 66.1 Å². The van der Waals surface area contributed by atoms with Crippen molar-refractivity contribution in [2.45, 2.75) is 0 Å². The molecule has 0 atom stereocenters. The predicted molar refractivity (Wildman–Crippen MR) is 267 cm³/mol. The number of hydrogen-bond acceptors (Lipinski definition) is 2. The SMILES string of the molecule is [Pt+2].c1ccc(-c2c3nc(c(-c4ccccc4)c4[nH]c(c(-c5ccccc5)c5[nH]c(c(-c6ccccc6)c6nc2-c2ccccc2-6)c2ccccc52)c2ccccc42)-c2ccccc2-3)cc1. The Morgan fingerprint density at radius 2 is 0.462 bits per heavy atom. The third-order valence-electron chi connectivity index (χ3n) is 13.0. The molecule has 13 rings (SSSR count). The molecule has 4 heterocycles. The van der Waals surface area contributed by atoms with E-state index in [1.807, 2.05) is 0 Å². The largest absolute Gasteiger partial charge is 2.00 e. The van der Waals surface area contributed by atoms with E-state index in [0.29, 0.717) is 0 Å². The summed E-state index contributed by atoms with van der Waals surface area (Å²) in [6, 6.07) is 78.0. The first-order chi connectivity index (χ1) is 31.8. The predicted octanol–water partition coefficient (Wildman–Crippen LogP) is 16.0. The normalized spacial score (nSPS) is 11.6. The fourth-order valence-electron chi connectivity index (χ4n) is 10.2. The van der Waals surface area contributed by atoms with Gasteiger partial charge in [-0.1, -0.05) is 218 Å². The maximum absolute atomic E-state index is 5.87. The van der Waals surface area contributed by atoms with E-state index in [2.05, 4.69) is 228 Å². The van der Waals surface area contributed by atoms with Crippen molar-refractivity contribution in [3.8, 4) is 89.5 Å². The minimum atomic E-state index is 0. The fraction of sp³-hybridized carbons (Fsp3) is 0. The molecule has 0 saturated carbocycles. The van der Waals surface area contributed by atoms with Crippen molar-refractivity contribution in [3.05, 3.63) is 218 Å². The summed E-state index contributed by atoms with van der Waals surface area (Å²) >= 11 is 0. The summed E-state index contributed by atoms with van der Waals surface area (Å²) in [5, 5.41) is 4.50. The number of aromatic nitrogens is 4. The van der Waals surface area contributed by atoms with Gasteiger partial charge in [0.2, 0.25) is 0 Å². The first-order valence-corrected chi connectivity index (χ1v) is 21.8. The van der Waals surface area contributed by atoms with Gasteiger partial charge in [-0.25, -0.2) is 9.97 Å². The molecule has 8 bridgehead atoms. The summed E-state index contributed by atoms with van der Waals surface area (Å²) in [6.07, 6.45) is 0. The molecule has 2 aromatic heterocycles. The summed E-state index contributed by atoms with van der Waals surface area (Å²) in [6.45, 7) is 0. The van der Waals surface area contributed by atoms with Gasteiger partial charge in [-0.3, -0.25) is 0 Å². The quantitative estimate of drug-likeness (QED) is 0.185. The van der Waals surface area contributed by atoms with E-state index in [0.717, 1.165) is 133 Å². The molecule has 0 amide bonds. The van der Waals surface area contributed by atoms with E-state index in [9.17, 15) is 0 Å². The van der Waals surface area contributed by atoms with E-state index in [-0.39, 0.29) is 21.1 Å². The maximum Gasteiger partial charge on any atom is 2.00 e. The van der Waals surface area contributed by atoms with Crippen molar-refractivity contribution in [1.82, 2.24) is 19.9 Å². The van der Waals surface area contributed by atoms with Crippen LogP contribution in [0.15, 0.2) is 218 Å². The molecule has 0 saturated heterocycles. The average Bonchev–Trinajstić information content (AvgIpc) is 4.14. The molecule has 0 radical (unpaired) electrons. The average molecular weight is 1010 g/mol. The van der Waals surface area contributed by atoms with Crippen LogP contribution in [0.25, 0.3) is 133 Å². The monoisotopic (exact) mass is 1010 g/mol. The summed E-state index contributed by atoms with van der Waals surface area (Å²) in [5.41, 5.74) is 20.5. The zero-order valence-corrected chi connectivity index (χ0v) is 37.3. The molecule has 3 aliphatic rings. The third kappa shape index (κ3) is 6.09. The Labute approximate surface area is 390 Å². The van der Waals surface area contributed by atoms with Gasteiger partial charge in [0.15, 0.2) is 0 Å². The Kier molecular flexibility index (Phi) is 9.36. The molecule has 8 aromatic carbocycles. The van der Waals surface area contributed by atoms with Crippen LogP contribution < -0.4 is 0 Å². The number of rotatable bonds is 4. The second-order valence-electron chi connectivity index (χ2n) is 16.5. The summed E-state index contributed by atoms with van der Waals surface area (Å²) in [4.78, 5) is 20.0. The van der Waals surface area contributed by atoms with Crippen molar-refractivity contribution in [2.75, 3.05) is 0 Å². The van der Waals surface area contributed by atoms with Crippen molar-refractivity contribution in [1.29, 1.82) is 0 Å². The van der Waals surface area contributed by atoms with Crippen LogP contribution >= 0.6 is 0 Å². The van der Waals surface area contributed by atoms with E-state index in [4.69, 9.17) is 9.97 Å². The molecule has 5 heteroatoms. The molecule has 2 N–H and O–H groups in total. The molecule has 4 nitrogen and oxygen atoms in total. The Balaban J connectivity index is 0.00000444.